The van der Waals surface area contributed by atoms with Crippen molar-refractivity contribution in [3.05, 3.63) is 54.1 Å². The summed E-state index contributed by atoms with van der Waals surface area (Å²) in [7, 11) is 1.63. The zero-order valence-corrected chi connectivity index (χ0v) is 19.0. The van der Waals surface area contributed by atoms with Crippen molar-refractivity contribution in [1.29, 1.82) is 0 Å². The number of aliphatic imine (C=N–C) groups is 1. The molecule has 0 saturated carbocycles. The van der Waals surface area contributed by atoms with Crippen LogP contribution in [0, 0.1) is 0 Å². The number of hydrogen-bond acceptors (Lipinski definition) is 7. The van der Waals surface area contributed by atoms with Crippen LogP contribution in [0.25, 0.3) is 0 Å². The van der Waals surface area contributed by atoms with E-state index in [1.165, 1.54) is 16.7 Å². The van der Waals surface area contributed by atoms with Crippen molar-refractivity contribution in [1.82, 2.24) is 4.90 Å². The van der Waals surface area contributed by atoms with Gasteiger partial charge in [0.1, 0.15) is 11.0 Å². The normalized spacial score (nSPS) is 17.2. The zero-order valence-electron chi connectivity index (χ0n) is 18.2. The molecule has 1 N–H and O–H groups in total. The van der Waals surface area contributed by atoms with Gasteiger partial charge in [-0.15, -0.1) is 0 Å². The Morgan fingerprint density at radius 3 is 2.59 bits per heavy atom. The molecule has 0 radical (unpaired) electrons. The highest BCUT2D eigenvalue weighted by Crippen LogP contribution is 2.29. The Morgan fingerprint density at radius 1 is 1.16 bits per heavy atom. The number of anilines is 1. The molecule has 1 saturated heterocycles. The summed E-state index contributed by atoms with van der Waals surface area (Å²) in [5.41, 5.74) is 1.58. The van der Waals surface area contributed by atoms with E-state index >= 15 is 0 Å². The van der Waals surface area contributed by atoms with E-state index < -0.39 is 11.2 Å². The van der Waals surface area contributed by atoms with E-state index in [-0.39, 0.29) is 18.2 Å². The average molecular weight is 456 g/mol. The lowest BCUT2D eigenvalue weighted by atomic mass is 10.2. The molecule has 32 heavy (non-hydrogen) atoms. The van der Waals surface area contributed by atoms with Gasteiger partial charge in [0.2, 0.25) is 11.8 Å². The first kappa shape index (κ1) is 23.3. The van der Waals surface area contributed by atoms with Crippen LogP contribution in [0.1, 0.15) is 30.6 Å². The van der Waals surface area contributed by atoms with Crippen LogP contribution in [-0.4, -0.2) is 53.4 Å². The molecule has 2 aromatic rings. The molecule has 1 aliphatic rings. The van der Waals surface area contributed by atoms with E-state index in [0.29, 0.717) is 41.1 Å². The summed E-state index contributed by atoms with van der Waals surface area (Å²) in [6, 6.07) is 13.7. The van der Waals surface area contributed by atoms with E-state index in [2.05, 4.69) is 10.3 Å². The third-order valence-electron chi connectivity index (χ3n) is 4.58. The quantitative estimate of drug-likeness (QED) is 0.637. The van der Waals surface area contributed by atoms with Gasteiger partial charge < -0.3 is 14.8 Å². The summed E-state index contributed by atoms with van der Waals surface area (Å²) in [5, 5.41) is 2.64. The number of carbonyl (C=O) groups is 3. The Bertz CT molecular complexity index is 1020. The number of carbonyl (C=O) groups excluding carboxylic acids is 3. The van der Waals surface area contributed by atoms with Crippen molar-refractivity contribution in [2.24, 2.45) is 4.99 Å². The number of benzene rings is 2. The highest BCUT2D eigenvalue weighted by molar-refractivity contribution is 8.15. The fourth-order valence-corrected chi connectivity index (χ4v) is 4.01. The fraction of sp³-hybridized carbons (Fsp3) is 0.304. The number of hydrogen-bond donors (Lipinski definition) is 1. The lowest BCUT2D eigenvalue weighted by Crippen LogP contribution is -2.43. The summed E-state index contributed by atoms with van der Waals surface area (Å²) in [5.74, 6) is -0.230. The van der Waals surface area contributed by atoms with Crippen molar-refractivity contribution >= 4 is 46.1 Å². The minimum atomic E-state index is -0.619. The molecule has 168 valence electrons. The van der Waals surface area contributed by atoms with Crippen molar-refractivity contribution in [3.63, 3.8) is 0 Å². The number of esters is 1. The van der Waals surface area contributed by atoms with Crippen molar-refractivity contribution in [2.75, 3.05) is 25.6 Å². The first-order valence-electron chi connectivity index (χ1n) is 10.2. The molecular weight excluding hydrogens is 430 g/mol. The number of thioether (sulfide) groups is 1. The molecule has 0 unspecified atom stereocenters. The van der Waals surface area contributed by atoms with E-state index in [4.69, 9.17) is 9.47 Å². The number of ether oxygens (including phenoxy) is 2. The minimum absolute atomic E-state index is 0.0684. The highest BCUT2D eigenvalue weighted by atomic mass is 32.2. The van der Waals surface area contributed by atoms with Gasteiger partial charge in [-0.2, -0.15) is 0 Å². The van der Waals surface area contributed by atoms with Crippen LogP contribution in [0.2, 0.25) is 0 Å². The lowest BCUT2D eigenvalue weighted by Gasteiger charge is -2.28. The molecule has 2 amide bonds. The van der Waals surface area contributed by atoms with Gasteiger partial charge in [0, 0.05) is 25.2 Å². The predicted octanol–water partition coefficient (Wildman–Crippen LogP) is 3.85. The standard InChI is InChI=1S/C23H25N3O5S/c1-4-30-18-8-6-7-17(13-18)24-21(28)19-14-20(27)26(3)23(32-19)25-16-11-9-15(10-12-16)22(29)31-5-2/h6-13,19H,4-5,14H2,1-3H3,(H,24,28)/t19-/m0/s1. The van der Waals surface area contributed by atoms with Gasteiger partial charge in [-0.3, -0.25) is 14.5 Å². The van der Waals surface area contributed by atoms with Gasteiger partial charge >= 0.3 is 5.97 Å². The summed E-state index contributed by atoms with van der Waals surface area (Å²) in [4.78, 5) is 43.0. The van der Waals surface area contributed by atoms with E-state index in [1.54, 1.807) is 56.4 Å². The summed E-state index contributed by atoms with van der Waals surface area (Å²) in [6.45, 7) is 4.45. The minimum Gasteiger partial charge on any atom is -0.494 e. The molecule has 8 nitrogen and oxygen atoms in total. The van der Waals surface area contributed by atoms with Gasteiger partial charge in [-0.1, -0.05) is 17.8 Å². The fourth-order valence-electron chi connectivity index (χ4n) is 2.95. The molecule has 0 aromatic heterocycles. The topological polar surface area (TPSA) is 97.3 Å². The number of amides is 2. The SMILES string of the molecule is CCOC(=O)c1ccc(N=C2S[C@H](C(=O)Nc3cccc(OCC)c3)CC(=O)N2C)cc1. The molecule has 2 aromatic carbocycles. The Morgan fingerprint density at radius 2 is 1.91 bits per heavy atom. The molecule has 1 heterocycles. The second-order valence-electron chi connectivity index (χ2n) is 6.88. The van der Waals surface area contributed by atoms with Gasteiger partial charge in [-0.05, 0) is 50.2 Å². The Hall–Kier alpha value is -3.33. The summed E-state index contributed by atoms with van der Waals surface area (Å²) in [6.07, 6.45) is 0.0684. The Kier molecular flexibility index (Phi) is 7.88. The highest BCUT2D eigenvalue weighted by Gasteiger charge is 2.34. The average Bonchev–Trinajstić information content (AvgIpc) is 2.78. The van der Waals surface area contributed by atoms with Crippen LogP contribution < -0.4 is 10.1 Å². The number of rotatable bonds is 7. The van der Waals surface area contributed by atoms with Crippen molar-refractivity contribution in [2.45, 2.75) is 25.5 Å². The number of nitrogens with one attached hydrogen (secondary N) is 1. The van der Waals surface area contributed by atoms with E-state index in [0.717, 1.165) is 0 Å². The van der Waals surface area contributed by atoms with Gasteiger partial charge in [-0.25, -0.2) is 9.79 Å². The third-order valence-corrected chi connectivity index (χ3v) is 5.82. The van der Waals surface area contributed by atoms with Crippen LogP contribution in [-0.2, 0) is 14.3 Å². The second-order valence-corrected chi connectivity index (χ2v) is 8.05. The maximum Gasteiger partial charge on any atom is 0.338 e. The van der Waals surface area contributed by atoms with Crippen LogP contribution in [0.3, 0.4) is 0 Å². The van der Waals surface area contributed by atoms with Gasteiger partial charge in [0.05, 0.1) is 24.5 Å². The zero-order chi connectivity index (χ0) is 23.1. The van der Waals surface area contributed by atoms with Gasteiger partial charge in [0.15, 0.2) is 5.17 Å². The smallest absolute Gasteiger partial charge is 0.338 e. The summed E-state index contributed by atoms with van der Waals surface area (Å²) >= 11 is 1.22. The van der Waals surface area contributed by atoms with Crippen LogP contribution >= 0.6 is 11.8 Å². The van der Waals surface area contributed by atoms with Crippen LogP contribution in [0.5, 0.6) is 5.75 Å². The molecule has 0 spiro atoms. The molecular formula is C23H25N3O5S. The number of nitrogens with zero attached hydrogens (tertiary/aromatic N) is 2. The molecule has 1 fully saturated rings. The van der Waals surface area contributed by atoms with E-state index in [1.807, 2.05) is 13.0 Å². The van der Waals surface area contributed by atoms with Crippen LogP contribution in [0.4, 0.5) is 11.4 Å². The third kappa shape index (κ3) is 5.88. The Balaban J connectivity index is 1.73. The first-order valence-corrected chi connectivity index (χ1v) is 11.1. The molecule has 0 aliphatic carbocycles. The monoisotopic (exact) mass is 455 g/mol. The second kappa shape index (κ2) is 10.8. The first-order chi connectivity index (χ1) is 15.4. The largest absolute Gasteiger partial charge is 0.494 e. The Labute approximate surface area is 191 Å². The number of amidine groups is 1. The van der Waals surface area contributed by atoms with E-state index in [9.17, 15) is 14.4 Å². The predicted molar refractivity (Wildman–Crippen MR) is 125 cm³/mol. The van der Waals surface area contributed by atoms with Crippen LogP contribution in [0.15, 0.2) is 53.5 Å². The molecule has 1 atom stereocenters. The summed E-state index contributed by atoms with van der Waals surface area (Å²) < 4.78 is 10.4. The lowest BCUT2D eigenvalue weighted by molar-refractivity contribution is -0.128. The molecule has 9 heteroatoms. The maximum absolute atomic E-state index is 12.8. The molecule has 0 bridgehead atoms. The maximum atomic E-state index is 12.8. The van der Waals surface area contributed by atoms with Gasteiger partial charge in [0.25, 0.3) is 0 Å². The molecule has 1 aliphatic heterocycles. The van der Waals surface area contributed by atoms with Crippen molar-refractivity contribution < 1.29 is 23.9 Å². The van der Waals surface area contributed by atoms with Crippen molar-refractivity contribution in [3.8, 4) is 5.75 Å². The molecule has 3 rings (SSSR count).